The van der Waals surface area contributed by atoms with Crippen LogP contribution in [0, 0.1) is 0 Å². The van der Waals surface area contributed by atoms with E-state index in [4.69, 9.17) is 11.6 Å². The van der Waals surface area contributed by atoms with Crippen LogP contribution in [0.15, 0.2) is 48.5 Å². The molecule has 0 atom stereocenters. The van der Waals surface area contributed by atoms with Crippen molar-refractivity contribution in [3.8, 4) is 16.9 Å². The monoisotopic (exact) mass is 294 g/mol. The molecule has 104 valence electrons. The Kier molecular flexibility index (Phi) is 2.44. The summed E-state index contributed by atoms with van der Waals surface area (Å²) >= 11 is 6.19. The molecule has 1 aliphatic rings. The van der Waals surface area contributed by atoms with E-state index in [0.29, 0.717) is 10.8 Å². The normalized spacial score (nSPS) is 15.0. The Balaban J connectivity index is 2.24. The number of benzene rings is 3. The molecule has 0 saturated heterocycles. The molecule has 21 heavy (non-hydrogen) atoms. The van der Waals surface area contributed by atoms with E-state index in [-0.39, 0.29) is 5.41 Å². The minimum absolute atomic E-state index is 0.111. The molecule has 0 aliphatic heterocycles. The fourth-order valence-corrected chi connectivity index (χ4v) is 3.72. The molecule has 0 spiro atoms. The van der Waals surface area contributed by atoms with Crippen LogP contribution in [0.1, 0.15) is 25.0 Å². The summed E-state index contributed by atoms with van der Waals surface area (Å²) in [6, 6.07) is 16.0. The van der Waals surface area contributed by atoms with Gasteiger partial charge < -0.3 is 5.11 Å². The lowest BCUT2D eigenvalue weighted by Gasteiger charge is -2.21. The van der Waals surface area contributed by atoms with Crippen molar-refractivity contribution < 1.29 is 5.11 Å². The minimum Gasteiger partial charge on any atom is -0.507 e. The molecule has 0 radical (unpaired) electrons. The molecule has 0 fully saturated rings. The lowest BCUT2D eigenvalue weighted by Crippen LogP contribution is -2.14. The fourth-order valence-electron chi connectivity index (χ4n) is 3.55. The number of fused-ring (bicyclic) bond motifs is 5. The summed E-state index contributed by atoms with van der Waals surface area (Å²) in [6.07, 6.45) is 0. The van der Waals surface area contributed by atoms with Gasteiger partial charge in [0.2, 0.25) is 0 Å². The second-order valence-corrected chi connectivity index (χ2v) is 6.62. The first kappa shape index (κ1) is 12.7. The third-order valence-electron chi connectivity index (χ3n) is 4.62. The number of phenolic OH excluding ortho intramolecular Hbond substituents is 1. The Morgan fingerprint density at radius 2 is 1.67 bits per heavy atom. The molecule has 0 aromatic heterocycles. The Bertz CT molecular complexity index is 893. The van der Waals surface area contributed by atoms with E-state index in [9.17, 15) is 5.11 Å². The Morgan fingerprint density at radius 1 is 0.905 bits per heavy atom. The number of hydrogen-bond acceptors (Lipinski definition) is 1. The zero-order chi connectivity index (χ0) is 14.8. The van der Waals surface area contributed by atoms with Crippen molar-refractivity contribution in [1.82, 2.24) is 0 Å². The lowest BCUT2D eigenvalue weighted by molar-refractivity contribution is 0.479. The van der Waals surface area contributed by atoms with Crippen molar-refractivity contribution in [2.24, 2.45) is 0 Å². The van der Waals surface area contributed by atoms with E-state index in [0.717, 1.165) is 16.3 Å². The van der Waals surface area contributed by atoms with Crippen LogP contribution in [-0.4, -0.2) is 5.11 Å². The fraction of sp³-hybridized carbons (Fsp3) is 0.158. The van der Waals surface area contributed by atoms with Gasteiger partial charge in [-0.25, -0.2) is 0 Å². The van der Waals surface area contributed by atoms with Gasteiger partial charge in [0.25, 0.3) is 0 Å². The lowest BCUT2D eigenvalue weighted by atomic mass is 9.82. The van der Waals surface area contributed by atoms with Gasteiger partial charge in [-0.3, -0.25) is 0 Å². The minimum atomic E-state index is -0.111. The van der Waals surface area contributed by atoms with Gasteiger partial charge in [0.15, 0.2) is 0 Å². The van der Waals surface area contributed by atoms with Gasteiger partial charge in [-0.05, 0) is 51.9 Å². The standard InChI is InChI=1S/C19H15ClO/c1-19(2)15-6-4-3-5-13(15)18-14-9-11(20)7-8-12(14)17(21)10-16(18)19/h3-10,21H,1-2H3. The highest BCUT2D eigenvalue weighted by atomic mass is 35.5. The summed E-state index contributed by atoms with van der Waals surface area (Å²) in [6.45, 7) is 4.40. The number of phenols is 1. The summed E-state index contributed by atoms with van der Waals surface area (Å²) < 4.78 is 0. The smallest absolute Gasteiger partial charge is 0.123 e. The van der Waals surface area contributed by atoms with Crippen molar-refractivity contribution in [3.05, 3.63) is 64.7 Å². The molecule has 0 saturated carbocycles. The van der Waals surface area contributed by atoms with Crippen LogP contribution in [0.3, 0.4) is 0 Å². The summed E-state index contributed by atoms with van der Waals surface area (Å²) in [4.78, 5) is 0. The van der Waals surface area contributed by atoms with Crippen LogP contribution in [-0.2, 0) is 5.41 Å². The van der Waals surface area contributed by atoms with E-state index in [1.54, 1.807) is 0 Å². The molecule has 3 aromatic carbocycles. The predicted molar refractivity (Wildman–Crippen MR) is 88.2 cm³/mol. The largest absolute Gasteiger partial charge is 0.507 e. The van der Waals surface area contributed by atoms with Crippen molar-refractivity contribution in [1.29, 1.82) is 0 Å². The van der Waals surface area contributed by atoms with Crippen LogP contribution in [0.2, 0.25) is 5.02 Å². The molecule has 2 heteroatoms. The van der Waals surface area contributed by atoms with Crippen molar-refractivity contribution >= 4 is 22.4 Å². The molecular weight excluding hydrogens is 280 g/mol. The molecule has 0 unspecified atom stereocenters. The van der Waals surface area contributed by atoms with Crippen LogP contribution in [0.4, 0.5) is 0 Å². The van der Waals surface area contributed by atoms with E-state index in [1.165, 1.54) is 16.7 Å². The molecular formula is C19H15ClO. The third-order valence-corrected chi connectivity index (χ3v) is 4.86. The third kappa shape index (κ3) is 1.58. The zero-order valence-corrected chi connectivity index (χ0v) is 12.7. The van der Waals surface area contributed by atoms with Gasteiger partial charge in [0.05, 0.1) is 0 Å². The molecule has 1 nitrogen and oxygen atoms in total. The van der Waals surface area contributed by atoms with Crippen LogP contribution in [0.5, 0.6) is 5.75 Å². The summed E-state index contributed by atoms with van der Waals surface area (Å²) in [5.74, 6) is 0.321. The van der Waals surface area contributed by atoms with Gasteiger partial charge in [0, 0.05) is 15.8 Å². The topological polar surface area (TPSA) is 20.2 Å². The van der Waals surface area contributed by atoms with Crippen LogP contribution < -0.4 is 0 Å². The number of hydrogen-bond donors (Lipinski definition) is 1. The Morgan fingerprint density at radius 3 is 2.48 bits per heavy atom. The van der Waals surface area contributed by atoms with Gasteiger partial charge in [-0.1, -0.05) is 49.7 Å². The van der Waals surface area contributed by atoms with Crippen molar-refractivity contribution in [2.75, 3.05) is 0 Å². The molecule has 3 aromatic rings. The molecule has 0 bridgehead atoms. The number of rotatable bonds is 0. The molecule has 1 aliphatic carbocycles. The summed E-state index contributed by atoms with van der Waals surface area (Å²) in [5.41, 5.74) is 4.79. The van der Waals surface area contributed by atoms with Gasteiger partial charge in [-0.2, -0.15) is 0 Å². The summed E-state index contributed by atoms with van der Waals surface area (Å²) in [7, 11) is 0. The maximum Gasteiger partial charge on any atom is 0.123 e. The van der Waals surface area contributed by atoms with E-state index in [1.807, 2.05) is 24.3 Å². The van der Waals surface area contributed by atoms with Crippen molar-refractivity contribution in [3.63, 3.8) is 0 Å². The molecule has 1 N–H and O–H groups in total. The van der Waals surface area contributed by atoms with Crippen LogP contribution in [0.25, 0.3) is 21.9 Å². The van der Waals surface area contributed by atoms with Gasteiger partial charge >= 0.3 is 0 Å². The SMILES string of the molecule is CC1(C)c2ccccc2-c2c1cc(O)c1ccc(Cl)cc21. The van der Waals surface area contributed by atoms with E-state index >= 15 is 0 Å². The first-order valence-electron chi connectivity index (χ1n) is 7.06. The quantitative estimate of drug-likeness (QED) is 0.580. The molecule has 0 amide bonds. The zero-order valence-electron chi connectivity index (χ0n) is 11.9. The first-order valence-corrected chi connectivity index (χ1v) is 7.43. The maximum atomic E-state index is 10.4. The highest BCUT2D eigenvalue weighted by Gasteiger charge is 2.36. The van der Waals surface area contributed by atoms with Gasteiger partial charge in [0.1, 0.15) is 5.75 Å². The highest BCUT2D eigenvalue weighted by Crippen LogP contribution is 2.53. The number of halogens is 1. The average molecular weight is 295 g/mol. The number of aromatic hydroxyl groups is 1. The van der Waals surface area contributed by atoms with E-state index < -0.39 is 0 Å². The van der Waals surface area contributed by atoms with Gasteiger partial charge in [-0.15, -0.1) is 0 Å². The Hall–Kier alpha value is -1.99. The predicted octanol–water partition coefficient (Wildman–Crippen LogP) is 5.51. The Labute approximate surface area is 128 Å². The highest BCUT2D eigenvalue weighted by molar-refractivity contribution is 6.31. The molecule has 0 heterocycles. The second-order valence-electron chi connectivity index (χ2n) is 6.18. The first-order chi connectivity index (χ1) is 10.00. The second kappa shape index (κ2) is 4.02. The maximum absolute atomic E-state index is 10.4. The average Bonchev–Trinajstić information content (AvgIpc) is 2.68. The van der Waals surface area contributed by atoms with Crippen molar-refractivity contribution in [2.45, 2.75) is 19.3 Å². The summed E-state index contributed by atoms with van der Waals surface area (Å²) in [5, 5.41) is 13.0. The van der Waals surface area contributed by atoms with Crippen LogP contribution >= 0.6 is 11.6 Å². The molecule has 4 rings (SSSR count). The van der Waals surface area contributed by atoms with E-state index in [2.05, 4.69) is 38.1 Å².